The minimum absolute atomic E-state index is 0. The molecule has 0 aromatic rings. The van der Waals surface area contributed by atoms with Gasteiger partial charge in [-0.1, -0.05) is 113 Å². The molecule has 0 aliphatic carbocycles. The van der Waals surface area contributed by atoms with Gasteiger partial charge in [0, 0.05) is 60.5 Å². The average Bonchev–Trinajstić information content (AvgIpc) is 2.67. The Hall–Kier alpha value is 0.741. The van der Waals surface area contributed by atoms with Crippen LogP contribution in [0.3, 0.4) is 0 Å². The number of carboxylic acid groups (broad SMARTS) is 1. The molecule has 0 aliphatic rings. The minimum Gasteiger partial charge on any atom is -0.481 e. The fraction of sp³-hybridized carbons (Fsp3) is 0.964. The Labute approximate surface area is 240 Å². The van der Waals surface area contributed by atoms with Gasteiger partial charge in [0.05, 0.1) is 0 Å². The van der Waals surface area contributed by atoms with Crippen LogP contribution >= 0.6 is 0 Å². The molecule has 0 aromatic carbocycles. The molecule has 0 saturated carbocycles. The van der Waals surface area contributed by atoms with Gasteiger partial charge in [-0.3, -0.25) is 4.79 Å². The van der Waals surface area contributed by atoms with Crippen molar-refractivity contribution in [3.8, 4) is 0 Å². The molecule has 0 rings (SSSR count). The smallest absolute Gasteiger partial charge is 0.303 e. The van der Waals surface area contributed by atoms with Crippen LogP contribution in [0, 0.1) is 58.1 Å². The zero-order valence-corrected chi connectivity index (χ0v) is 26.6. The van der Waals surface area contributed by atoms with Crippen LogP contribution in [0.2, 0.25) is 0 Å². The molecule has 0 aromatic heterocycles. The van der Waals surface area contributed by atoms with Crippen molar-refractivity contribution in [3.05, 3.63) is 0 Å². The van der Waals surface area contributed by atoms with Gasteiger partial charge >= 0.3 is 5.97 Å². The van der Waals surface area contributed by atoms with Crippen LogP contribution in [0.1, 0.15) is 145 Å². The number of aliphatic carboxylic acids is 1. The number of hydrogen-bond donors (Lipinski definition) is 3. The van der Waals surface area contributed by atoms with Gasteiger partial charge in [0.1, 0.15) is 0 Å². The number of rotatable bonds is 17. The molecule has 3 N–H and O–H groups in total. The van der Waals surface area contributed by atoms with E-state index < -0.39 is 5.97 Å². The number of carboxylic acids is 1. The predicted octanol–water partition coefficient (Wildman–Crippen LogP) is 8.24. The SMILES string of the molecule is CC(C)(C)CCCCCC(=O)O.CC(C)CCCCCCO.CC(C)CCCCCCO.[Nd]. The standard InChI is InChI=1S/C10H20O2.2C9H20O.Nd/c1-10(2,3)8-6-4-5-7-9(11)12;2*1-9(2)7-5-3-4-6-8-10;/h4-8H2,1-3H3,(H,11,12);2*9-10H,3-8H2,1-2H3;. The molecule has 0 bridgehead atoms. The van der Waals surface area contributed by atoms with Crippen LogP contribution < -0.4 is 0 Å². The molecular weight excluding hydrogens is 545 g/mol. The first-order valence-electron chi connectivity index (χ1n) is 13.4. The fourth-order valence-corrected chi connectivity index (χ4v) is 3.14. The summed E-state index contributed by atoms with van der Waals surface area (Å²) in [6.45, 7) is 16.4. The van der Waals surface area contributed by atoms with Gasteiger partial charge in [-0.25, -0.2) is 0 Å². The van der Waals surface area contributed by atoms with Gasteiger partial charge in [-0.05, 0) is 42.9 Å². The number of unbranched alkanes of at least 4 members (excludes halogenated alkanes) is 8. The van der Waals surface area contributed by atoms with E-state index >= 15 is 0 Å². The minimum atomic E-state index is -0.675. The van der Waals surface area contributed by atoms with Gasteiger partial charge < -0.3 is 15.3 Å². The van der Waals surface area contributed by atoms with Crippen LogP contribution in [-0.4, -0.2) is 34.5 Å². The monoisotopic (exact) mass is 602 g/mol. The zero-order valence-electron chi connectivity index (χ0n) is 23.4. The molecule has 33 heavy (non-hydrogen) atoms. The first kappa shape index (κ1) is 40.9. The first-order chi connectivity index (χ1) is 15.0. The van der Waals surface area contributed by atoms with Crippen LogP contribution in [-0.2, 0) is 4.79 Å². The summed E-state index contributed by atoms with van der Waals surface area (Å²) in [5, 5.41) is 25.3. The van der Waals surface area contributed by atoms with Gasteiger partial charge in [0.25, 0.3) is 0 Å². The van der Waals surface area contributed by atoms with E-state index in [0.717, 1.165) is 43.9 Å². The average molecular weight is 605 g/mol. The topological polar surface area (TPSA) is 77.8 Å². The number of hydrogen-bond acceptors (Lipinski definition) is 3. The Morgan fingerprint density at radius 1 is 0.636 bits per heavy atom. The van der Waals surface area contributed by atoms with Crippen molar-refractivity contribution in [2.75, 3.05) is 13.2 Å². The fourth-order valence-electron chi connectivity index (χ4n) is 3.14. The van der Waals surface area contributed by atoms with Crippen LogP contribution in [0.4, 0.5) is 0 Å². The molecule has 0 amide bonds. The predicted molar refractivity (Wildman–Crippen MR) is 140 cm³/mol. The third-order valence-corrected chi connectivity index (χ3v) is 5.20. The summed E-state index contributed by atoms with van der Waals surface area (Å²) in [5.41, 5.74) is 0.392. The van der Waals surface area contributed by atoms with Crippen LogP contribution in [0.25, 0.3) is 0 Å². The molecule has 4 nitrogen and oxygen atoms in total. The third kappa shape index (κ3) is 54.9. The van der Waals surface area contributed by atoms with E-state index in [9.17, 15) is 4.79 Å². The molecule has 5 heteroatoms. The molecular formula is C28H60NdO4. The molecule has 0 saturated heterocycles. The Bertz CT molecular complexity index is 347. The summed E-state index contributed by atoms with van der Waals surface area (Å²) in [4.78, 5) is 10.2. The van der Waals surface area contributed by atoms with Crippen molar-refractivity contribution in [1.82, 2.24) is 0 Å². The third-order valence-electron chi connectivity index (χ3n) is 5.20. The Balaban J connectivity index is -0.000000189. The van der Waals surface area contributed by atoms with Crippen molar-refractivity contribution >= 4 is 5.97 Å². The second kappa shape index (κ2) is 30.8. The molecule has 200 valence electrons. The number of carbonyl (C=O) groups is 1. The van der Waals surface area contributed by atoms with Crippen molar-refractivity contribution < 1.29 is 61.0 Å². The van der Waals surface area contributed by atoms with E-state index in [1.54, 1.807) is 0 Å². The van der Waals surface area contributed by atoms with E-state index in [1.807, 2.05) is 0 Å². The van der Waals surface area contributed by atoms with Gasteiger partial charge in [0.2, 0.25) is 0 Å². The summed E-state index contributed by atoms with van der Waals surface area (Å²) < 4.78 is 0. The summed E-state index contributed by atoms with van der Waals surface area (Å²) in [5.74, 6) is 1.01. The van der Waals surface area contributed by atoms with E-state index in [-0.39, 0.29) is 40.8 Å². The van der Waals surface area contributed by atoms with Crippen molar-refractivity contribution in [3.63, 3.8) is 0 Å². The zero-order chi connectivity index (χ0) is 25.3. The molecule has 0 atom stereocenters. The first-order valence-corrected chi connectivity index (χ1v) is 13.4. The van der Waals surface area contributed by atoms with Crippen molar-refractivity contribution in [2.24, 2.45) is 17.3 Å². The maximum absolute atomic E-state index is 10.2. The second-order valence-corrected chi connectivity index (χ2v) is 11.2. The quantitative estimate of drug-likeness (QED) is 0.146. The van der Waals surface area contributed by atoms with Gasteiger partial charge in [-0.15, -0.1) is 0 Å². The van der Waals surface area contributed by atoms with Crippen LogP contribution in [0.15, 0.2) is 0 Å². The number of aliphatic hydroxyl groups excluding tert-OH is 2. The van der Waals surface area contributed by atoms with Crippen LogP contribution in [0.5, 0.6) is 0 Å². The van der Waals surface area contributed by atoms with E-state index in [1.165, 1.54) is 57.8 Å². The van der Waals surface area contributed by atoms with E-state index in [2.05, 4.69) is 48.5 Å². The Morgan fingerprint density at radius 3 is 1.30 bits per heavy atom. The van der Waals surface area contributed by atoms with Gasteiger partial charge in [0.15, 0.2) is 0 Å². The molecule has 0 aliphatic heterocycles. The number of aliphatic hydroxyl groups is 2. The van der Waals surface area contributed by atoms with Gasteiger partial charge in [-0.2, -0.15) is 0 Å². The molecule has 0 heterocycles. The molecule has 0 spiro atoms. The largest absolute Gasteiger partial charge is 0.481 e. The molecule has 0 fully saturated rings. The van der Waals surface area contributed by atoms with Crippen molar-refractivity contribution in [1.29, 1.82) is 0 Å². The maximum atomic E-state index is 10.2. The van der Waals surface area contributed by atoms with E-state index in [4.69, 9.17) is 15.3 Å². The van der Waals surface area contributed by atoms with Crippen molar-refractivity contribution in [2.45, 2.75) is 145 Å². The second-order valence-electron chi connectivity index (χ2n) is 11.2. The summed E-state index contributed by atoms with van der Waals surface area (Å²) >= 11 is 0. The van der Waals surface area contributed by atoms with E-state index in [0.29, 0.717) is 25.0 Å². The normalized spacial score (nSPS) is 10.8. The Morgan fingerprint density at radius 2 is 1.00 bits per heavy atom. The molecule has 0 radical (unpaired) electrons. The Kier molecular flexibility index (Phi) is 38.1. The molecule has 0 unspecified atom stereocenters. The summed E-state index contributed by atoms with van der Waals surface area (Å²) in [7, 11) is 0. The summed E-state index contributed by atoms with van der Waals surface area (Å²) in [6, 6.07) is 0. The maximum Gasteiger partial charge on any atom is 0.303 e. The summed E-state index contributed by atoms with van der Waals surface area (Å²) in [6.07, 6.45) is 16.8.